The van der Waals surface area contributed by atoms with Gasteiger partial charge in [-0.05, 0) is 24.6 Å². The predicted molar refractivity (Wildman–Crippen MR) is 43.2 cm³/mol. The van der Waals surface area contributed by atoms with Crippen molar-refractivity contribution in [2.45, 2.75) is 13.3 Å². The quantitative estimate of drug-likeness (QED) is 0.568. The largest absolute Gasteiger partial charge is 0.573 e. The van der Waals surface area contributed by atoms with Crippen LogP contribution in [0.3, 0.4) is 0 Å². The van der Waals surface area contributed by atoms with Gasteiger partial charge in [0.15, 0.2) is 11.6 Å². The van der Waals surface area contributed by atoms with E-state index < -0.39 is 17.9 Å². The Balaban J connectivity index is 3.14. The number of benzene rings is 1. The molecule has 0 aliphatic rings. The second-order valence-corrected chi connectivity index (χ2v) is 2.81. The molecular formula is C9H6F4O2. The Hall–Kier alpha value is -1.59. The molecule has 0 aliphatic carbocycles. The average molecular weight is 222 g/mol. The maximum Gasteiger partial charge on any atom is 0.573 e. The number of alkyl halides is 3. The Labute approximate surface area is 82.5 Å². The van der Waals surface area contributed by atoms with Crippen molar-refractivity contribution in [3.8, 4) is 5.75 Å². The summed E-state index contributed by atoms with van der Waals surface area (Å²) in [6.45, 7) is 1.22. The molecule has 0 fully saturated rings. The molecule has 82 valence electrons. The first-order valence-corrected chi connectivity index (χ1v) is 3.84. The van der Waals surface area contributed by atoms with Crippen molar-refractivity contribution >= 4 is 6.29 Å². The Bertz CT molecular complexity index is 361. The molecule has 0 saturated heterocycles. The summed E-state index contributed by atoms with van der Waals surface area (Å²) in [5.41, 5.74) is -0.131. The first-order valence-electron chi connectivity index (χ1n) is 3.84. The maximum absolute atomic E-state index is 13.0. The molecule has 0 heterocycles. The number of hydrogen-bond acceptors (Lipinski definition) is 2. The van der Waals surface area contributed by atoms with Gasteiger partial charge in [0.1, 0.15) is 6.29 Å². The SMILES string of the molecule is Cc1cc(C=O)cc(F)c1OC(F)(F)F. The van der Waals surface area contributed by atoms with Crippen molar-refractivity contribution in [3.05, 3.63) is 29.1 Å². The molecule has 1 aromatic rings. The molecule has 1 aromatic carbocycles. The Morgan fingerprint density at radius 2 is 1.93 bits per heavy atom. The molecule has 2 nitrogen and oxygen atoms in total. The van der Waals surface area contributed by atoms with Crippen LogP contribution in [0.25, 0.3) is 0 Å². The normalized spacial score (nSPS) is 11.3. The molecule has 0 bridgehead atoms. The van der Waals surface area contributed by atoms with E-state index in [1.807, 2.05) is 0 Å². The fraction of sp³-hybridized carbons (Fsp3) is 0.222. The molecule has 0 amide bonds. The molecule has 1 rings (SSSR count). The number of aryl methyl sites for hydroxylation is 1. The minimum absolute atomic E-state index is 0.0421. The summed E-state index contributed by atoms with van der Waals surface area (Å²) >= 11 is 0. The van der Waals surface area contributed by atoms with Gasteiger partial charge in [-0.2, -0.15) is 0 Å². The van der Waals surface area contributed by atoms with Crippen LogP contribution < -0.4 is 4.74 Å². The number of ether oxygens (including phenoxy) is 1. The summed E-state index contributed by atoms with van der Waals surface area (Å²) in [5, 5.41) is 0. The summed E-state index contributed by atoms with van der Waals surface area (Å²) in [6.07, 6.45) is -4.61. The van der Waals surface area contributed by atoms with Gasteiger partial charge in [0, 0.05) is 5.56 Å². The van der Waals surface area contributed by atoms with Crippen molar-refractivity contribution in [1.82, 2.24) is 0 Å². The topological polar surface area (TPSA) is 26.3 Å². The Kier molecular flexibility index (Phi) is 2.97. The molecule has 0 aromatic heterocycles. The van der Waals surface area contributed by atoms with Crippen molar-refractivity contribution in [2.24, 2.45) is 0 Å². The third-order valence-electron chi connectivity index (χ3n) is 1.61. The summed E-state index contributed by atoms with van der Waals surface area (Å²) in [5.74, 6) is -2.12. The van der Waals surface area contributed by atoms with Gasteiger partial charge < -0.3 is 4.74 Å². The third kappa shape index (κ3) is 2.93. The van der Waals surface area contributed by atoms with E-state index in [0.717, 1.165) is 6.07 Å². The second kappa shape index (κ2) is 3.88. The monoisotopic (exact) mass is 222 g/mol. The third-order valence-corrected chi connectivity index (χ3v) is 1.61. The van der Waals surface area contributed by atoms with Crippen LogP contribution in [0.1, 0.15) is 15.9 Å². The minimum atomic E-state index is -4.95. The molecule has 6 heteroatoms. The minimum Gasteiger partial charge on any atom is -0.402 e. The lowest BCUT2D eigenvalue weighted by atomic mass is 10.1. The number of carbonyl (C=O) groups excluding carboxylic acids is 1. The Morgan fingerprint density at radius 3 is 2.33 bits per heavy atom. The van der Waals surface area contributed by atoms with E-state index >= 15 is 0 Å². The fourth-order valence-electron chi connectivity index (χ4n) is 1.07. The standard InChI is InChI=1S/C9H6F4O2/c1-5-2-6(4-14)3-7(10)8(5)15-9(11,12)13/h2-4H,1H3. The molecule has 0 radical (unpaired) electrons. The molecule has 0 N–H and O–H groups in total. The van der Waals surface area contributed by atoms with Crippen molar-refractivity contribution < 1.29 is 27.1 Å². The van der Waals surface area contributed by atoms with Gasteiger partial charge in [0.2, 0.25) is 0 Å². The van der Waals surface area contributed by atoms with E-state index in [4.69, 9.17) is 0 Å². The average Bonchev–Trinajstić information content (AvgIpc) is 2.09. The van der Waals surface area contributed by atoms with Crippen molar-refractivity contribution in [1.29, 1.82) is 0 Å². The highest BCUT2D eigenvalue weighted by Gasteiger charge is 2.33. The van der Waals surface area contributed by atoms with Gasteiger partial charge in [-0.15, -0.1) is 13.2 Å². The lowest BCUT2D eigenvalue weighted by molar-refractivity contribution is -0.275. The van der Waals surface area contributed by atoms with E-state index in [-0.39, 0.29) is 11.1 Å². The van der Waals surface area contributed by atoms with E-state index in [9.17, 15) is 22.4 Å². The van der Waals surface area contributed by atoms with Gasteiger partial charge in [-0.1, -0.05) is 0 Å². The van der Waals surface area contributed by atoms with Gasteiger partial charge in [0.25, 0.3) is 0 Å². The molecule has 0 saturated carbocycles. The smallest absolute Gasteiger partial charge is 0.402 e. The van der Waals surface area contributed by atoms with Gasteiger partial charge in [-0.3, -0.25) is 4.79 Å². The predicted octanol–water partition coefficient (Wildman–Crippen LogP) is 2.85. The van der Waals surface area contributed by atoms with Crippen molar-refractivity contribution in [2.75, 3.05) is 0 Å². The summed E-state index contributed by atoms with van der Waals surface area (Å²) in [6, 6.07) is 1.79. The number of hydrogen-bond donors (Lipinski definition) is 0. The highest BCUT2D eigenvalue weighted by atomic mass is 19.4. The van der Waals surface area contributed by atoms with Crippen LogP contribution in [-0.4, -0.2) is 12.6 Å². The van der Waals surface area contributed by atoms with Crippen LogP contribution >= 0.6 is 0 Å². The summed E-state index contributed by atoms with van der Waals surface area (Å²) in [7, 11) is 0. The van der Waals surface area contributed by atoms with Crippen LogP contribution in [0.2, 0.25) is 0 Å². The van der Waals surface area contributed by atoms with Crippen LogP contribution in [0, 0.1) is 12.7 Å². The van der Waals surface area contributed by atoms with E-state index in [2.05, 4.69) is 4.74 Å². The molecular weight excluding hydrogens is 216 g/mol. The zero-order chi connectivity index (χ0) is 11.6. The lowest BCUT2D eigenvalue weighted by Gasteiger charge is -2.12. The van der Waals surface area contributed by atoms with Gasteiger partial charge in [0.05, 0.1) is 0 Å². The fourth-order valence-corrected chi connectivity index (χ4v) is 1.07. The van der Waals surface area contributed by atoms with E-state index in [0.29, 0.717) is 12.4 Å². The number of rotatable bonds is 2. The lowest BCUT2D eigenvalue weighted by Crippen LogP contribution is -2.18. The second-order valence-electron chi connectivity index (χ2n) is 2.81. The number of aldehydes is 1. The molecule has 0 unspecified atom stereocenters. The molecule has 0 spiro atoms. The molecule has 0 atom stereocenters. The highest BCUT2D eigenvalue weighted by molar-refractivity contribution is 5.75. The summed E-state index contributed by atoms with van der Waals surface area (Å²) in [4.78, 5) is 10.3. The van der Waals surface area contributed by atoms with Gasteiger partial charge in [-0.25, -0.2) is 4.39 Å². The first-order chi connectivity index (χ1) is 6.83. The van der Waals surface area contributed by atoms with Crippen LogP contribution in [0.4, 0.5) is 17.6 Å². The molecule has 0 aliphatic heterocycles. The van der Waals surface area contributed by atoms with Gasteiger partial charge >= 0.3 is 6.36 Å². The Morgan fingerprint density at radius 1 is 1.33 bits per heavy atom. The van der Waals surface area contributed by atoms with Crippen LogP contribution in [-0.2, 0) is 0 Å². The number of halogens is 4. The first kappa shape index (κ1) is 11.5. The van der Waals surface area contributed by atoms with E-state index in [1.54, 1.807) is 0 Å². The maximum atomic E-state index is 13.0. The number of carbonyl (C=O) groups is 1. The zero-order valence-corrected chi connectivity index (χ0v) is 7.56. The zero-order valence-electron chi connectivity index (χ0n) is 7.56. The van der Waals surface area contributed by atoms with E-state index in [1.165, 1.54) is 6.92 Å². The van der Waals surface area contributed by atoms with Crippen LogP contribution in [0.5, 0.6) is 5.75 Å². The van der Waals surface area contributed by atoms with Crippen molar-refractivity contribution in [3.63, 3.8) is 0 Å². The molecule has 15 heavy (non-hydrogen) atoms. The van der Waals surface area contributed by atoms with Crippen LogP contribution in [0.15, 0.2) is 12.1 Å². The summed E-state index contributed by atoms with van der Waals surface area (Å²) < 4.78 is 52.0. The highest BCUT2D eigenvalue weighted by Crippen LogP contribution is 2.29.